The molecule has 0 aromatic carbocycles. The average molecular weight is 345 g/mol. The Hall–Kier alpha value is -2.95. The van der Waals surface area contributed by atoms with Crippen molar-refractivity contribution in [2.24, 2.45) is 5.73 Å². The first-order chi connectivity index (χ1) is 12.0. The van der Waals surface area contributed by atoms with Crippen LogP contribution in [0.1, 0.15) is 22.5 Å². The predicted molar refractivity (Wildman–Crippen MR) is 87.5 cm³/mol. The zero-order valence-corrected chi connectivity index (χ0v) is 13.6. The number of anilines is 2. The number of nitrogens with zero attached hydrogens (tertiary/aromatic N) is 6. The zero-order chi connectivity index (χ0) is 17.6. The molecule has 0 aliphatic carbocycles. The van der Waals surface area contributed by atoms with Gasteiger partial charge in [0.15, 0.2) is 5.69 Å². The Morgan fingerprint density at radius 3 is 3.00 bits per heavy atom. The summed E-state index contributed by atoms with van der Waals surface area (Å²) in [5.74, 6) is 0.635. The third-order valence-electron chi connectivity index (χ3n) is 4.55. The van der Waals surface area contributed by atoms with Gasteiger partial charge in [0.05, 0.1) is 24.8 Å². The van der Waals surface area contributed by atoms with Gasteiger partial charge in [-0.15, -0.1) is 5.10 Å². The fourth-order valence-electron chi connectivity index (χ4n) is 3.36. The Kier molecular flexibility index (Phi) is 3.46. The van der Waals surface area contributed by atoms with Gasteiger partial charge in [0.1, 0.15) is 11.4 Å². The molecule has 0 bridgehead atoms. The van der Waals surface area contributed by atoms with E-state index in [9.17, 15) is 4.79 Å². The molecule has 2 aliphatic heterocycles. The zero-order valence-electron chi connectivity index (χ0n) is 13.6. The highest BCUT2D eigenvalue weighted by atomic mass is 16.5. The normalized spacial score (nSPS) is 21.6. The number of aromatic nitrogens is 5. The molecule has 4 rings (SSSR count). The number of nitrogen functional groups attached to an aromatic ring is 2. The maximum Gasteiger partial charge on any atom is 0.276 e. The van der Waals surface area contributed by atoms with E-state index in [0.717, 1.165) is 5.56 Å². The van der Waals surface area contributed by atoms with Crippen LogP contribution in [0.3, 0.4) is 0 Å². The lowest BCUT2D eigenvalue weighted by Crippen LogP contribution is -2.39. The topological polar surface area (TPSA) is 164 Å². The third-order valence-corrected chi connectivity index (χ3v) is 4.55. The van der Waals surface area contributed by atoms with Gasteiger partial charge in [0, 0.05) is 25.9 Å². The van der Waals surface area contributed by atoms with E-state index in [1.54, 1.807) is 15.8 Å². The van der Waals surface area contributed by atoms with Crippen molar-refractivity contribution in [3.8, 4) is 5.88 Å². The lowest BCUT2D eigenvalue weighted by molar-refractivity contribution is 0.0679. The van der Waals surface area contributed by atoms with Crippen LogP contribution in [0.2, 0.25) is 0 Å². The summed E-state index contributed by atoms with van der Waals surface area (Å²) in [5, 5.41) is 7.83. The second kappa shape index (κ2) is 5.55. The van der Waals surface area contributed by atoms with Crippen molar-refractivity contribution in [3.05, 3.63) is 17.5 Å². The molecule has 11 nitrogen and oxygen atoms in total. The number of fused-ring (bicyclic) bond motifs is 1. The summed E-state index contributed by atoms with van der Waals surface area (Å²) in [6.45, 7) is 1.92. The maximum absolute atomic E-state index is 12.6. The van der Waals surface area contributed by atoms with Crippen LogP contribution in [0.4, 0.5) is 11.8 Å². The summed E-state index contributed by atoms with van der Waals surface area (Å²) in [6.07, 6.45) is 2.83. The number of hydrogen-bond acceptors (Lipinski definition) is 9. The number of carbonyl (C=O) groups is 1. The number of ether oxygens (including phenoxy) is 1. The van der Waals surface area contributed by atoms with E-state index in [2.05, 4.69) is 20.3 Å². The summed E-state index contributed by atoms with van der Waals surface area (Å²) in [5.41, 5.74) is 17.5. The molecular weight excluding hydrogens is 326 g/mol. The van der Waals surface area contributed by atoms with Crippen LogP contribution in [-0.2, 0) is 13.0 Å². The molecule has 132 valence electrons. The Morgan fingerprint density at radius 1 is 1.36 bits per heavy atom. The van der Waals surface area contributed by atoms with Gasteiger partial charge in [-0.05, 0) is 0 Å². The van der Waals surface area contributed by atoms with Crippen LogP contribution < -0.4 is 21.9 Å². The van der Waals surface area contributed by atoms with Gasteiger partial charge in [-0.2, -0.15) is 9.97 Å². The molecule has 1 saturated heterocycles. The van der Waals surface area contributed by atoms with Gasteiger partial charge < -0.3 is 26.8 Å². The lowest BCUT2D eigenvalue weighted by atomic mass is 9.97. The van der Waals surface area contributed by atoms with Crippen LogP contribution in [0.15, 0.2) is 6.20 Å². The van der Waals surface area contributed by atoms with Crippen LogP contribution in [-0.4, -0.2) is 61.0 Å². The molecule has 2 aromatic rings. The van der Waals surface area contributed by atoms with Crippen LogP contribution >= 0.6 is 0 Å². The molecule has 2 aromatic heterocycles. The third kappa shape index (κ3) is 2.61. The van der Waals surface area contributed by atoms with E-state index in [-0.39, 0.29) is 11.9 Å². The molecular formula is C14H19N9O2. The minimum Gasteiger partial charge on any atom is -0.468 e. The summed E-state index contributed by atoms with van der Waals surface area (Å²) >= 11 is 0. The molecule has 0 unspecified atom stereocenters. The Morgan fingerprint density at radius 2 is 2.20 bits per heavy atom. The lowest BCUT2D eigenvalue weighted by Gasteiger charge is -2.23. The van der Waals surface area contributed by atoms with Gasteiger partial charge in [0.25, 0.3) is 5.91 Å². The molecule has 2 aliphatic rings. The van der Waals surface area contributed by atoms with Crippen molar-refractivity contribution in [2.45, 2.75) is 25.0 Å². The number of hydrogen-bond donors (Lipinski definition) is 3. The minimum absolute atomic E-state index is 0.0794. The van der Waals surface area contributed by atoms with Gasteiger partial charge in [-0.25, -0.2) is 0 Å². The van der Waals surface area contributed by atoms with E-state index in [4.69, 9.17) is 21.9 Å². The molecule has 0 radical (unpaired) electrons. The second-order valence-electron chi connectivity index (χ2n) is 6.34. The van der Waals surface area contributed by atoms with E-state index in [1.807, 2.05) is 0 Å². The summed E-state index contributed by atoms with van der Waals surface area (Å²) in [4.78, 5) is 22.4. The summed E-state index contributed by atoms with van der Waals surface area (Å²) in [6, 6.07) is 0. The Bertz CT molecular complexity index is 836. The van der Waals surface area contributed by atoms with Crippen molar-refractivity contribution in [3.63, 3.8) is 0 Å². The number of rotatable bonds is 3. The Balaban J connectivity index is 1.50. The smallest absolute Gasteiger partial charge is 0.276 e. The molecule has 1 spiro atoms. The van der Waals surface area contributed by atoms with Crippen LogP contribution in [0.5, 0.6) is 5.88 Å². The Labute approximate surface area is 143 Å². The predicted octanol–water partition coefficient (Wildman–Crippen LogP) is -1.59. The fourth-order valence-corrected chi connectivity index (χ4v) is 3.36. The maximum atomic E-state index is 12.6. The molecule has 11 heteroatoms. The van der Waals surface area contributed by atoms with Gasteiger partial charge in [-0.1, -0.05) is 5.21 Å². The SMILES string of the molecule is NCCn1cc(C(=O)N2CC[C@]3(Cc4c(N)nc(N)nc4O3)C2)nn1. The van der Waals surface area contributed by atoms with Gasteiger partial charge in [-0.3, -0.25) is 9.48 Å². The molecule has 4 heterocycles. The van der Waals surface area contributed by atoms with Crippen molar-refractivity contribution < 1.29 is 9.53 Å². The number of amides is 1. The standard InChI is InChI=1S/C14H19N9O2/c15-2-4-23-6-9(20-21-23)12(24)22-3-1-14(7-22)5-8-10(16)18-13(17)19-11(8)25-14/h6H,1-5,7,15H2,(H4,16,17,18,19)/t14-/m0/s1. The molecule has 25 heavy (non-hydrogen) atoms. The van der Waals surface area contributed by atoms with E-state index >= 15 is 0 Å². The van der Waals surface area contributed by atoms with Crippen molar-refractivity contribution in [2.75, 3.05) is 31.1 Å². The average Bonchev–Trinajstić information content (AvgIpc) is 3.26. The van der Waals surface area contributed by atoms with Crippen molar-refractivity contribution in [1.82, 2.24) is 29.9 Å². The molecule has 1 amide bonds. The van der Waals surface area contributed by atoms with Crippen molar-refractivity contribution >= 4 is 17.7 Å². The monoisotopic (exact) mass is 345 g/mol. The first-order valence-corrected chi connectivity index (χ1v) is 8.00. The molecule has 6 N–H and O–H groups in total. The minimum atomic E-state index is -0.540. The number of nitrogens with two attached hydrogens (primary N) is 3. The molecule has 1 fully saturated rings. The van der Waals surface area contributed by atoms with E-state index in [1.165, 1.54) is 0 Å². The first kappa shape index (κ1) is 15.6. The van der Waals surface area contributed by atoms with E-state index in [0.29, 0.717) is 56.4 Å². The number of likely N-dealkylation sites (tertiary alicyclic amines) is 1. The quantitative estimate of drug-likeness (QED) is 0.594. The van der Waals surface area contributed by atoms with Gasteiger partial charge >= 0.3 is 0 Å². The van der Waals surface area contributed by atoms with Crippen LogP contribution in [0.25, 0.3) is 0 Å². The molecule has 1 atom stereocenters. The highest BCUT2D eigenvalue weighted by molar-refractivity contribution is 5.92. The first-order valence-electron chi connectivity index (χ1n) is 8.00. The summed E-state index contributed by atoms with van der Waals surface area (Å²) < 4.78 is 7.57. The highest BCUT2D eigenvalue weighted by Gasteiger charge is 2.48. The largest absolute Gasteiger partial charge is 0.468 e. The van der Waals surface area contributed by atoms with E-state index < -0.39 is 5.60 Å². The molecule has 0 saturated carbocycles. The fraction of sp³-hybridized carbons (Fsp3) is 0.500. The van der Waals surface area contributed by atoms with Crippen molar-refractivity contribution in [1.29, 1.82) is 0 Å². The number of carbonyl (C=O) groups excluding carboxylic acids is 1. The van der Waals surface area contributed by atoms with Gasteiger partial charge in [0.2, 0.25) is 11.8 Å². The van der Waals surface area contributed by atoms with Crippen LogP contribution in [0, 0.1) is 0 Å². The summed E-state index contributed by atoms with van der Waals surface area (Å²) in [7, 11) is 0. The second-order valence-corrected chi connectivity index (χ2v) is 6.34. The highest BCUT2D eigenvalue weighted by Crippen LogP contribution is 2.41.